The van der Waals surface area contributed by atoms with Crippen LogP contribution in [0.3, 0.4) is 0 Å². The Morgan fingerprint density at radius 1 is 0.800 bits per heavy atom. The van der Waals surface area contributed by atoms with Gasteiger partial charge in [0.2, 0.25) is 0 Å². The molecule has 1 fully saturated rings. The number of rotatable bonds is 7. The maximum absolute atomic E-state index is 13.0. The molecule has 6 nitrogen and oxygen atoms in total. The van der Waals surface area contributed by atoms with Crippen LogP contribution >= 0.6 is 0 Å². The van der Waals surface area contributed by atoms with Gasteiger partial charge in [-0.1, -0.05) is 48.5 Å². The first kappa shape index (κ1) is 23.1. The number of carbonyl (C=O) groups is 1. The van der Waals surface area contributed by atoms with Crippen molar-refractivity contribution in [3.05, 3.63) is 102 Å². The number of hydrogen-bond acceptors (Lipinski definition) is 4. The Morgan fingerprint density at radius 3 is 2.23 bits per heavy atom. The molecule has 178 valence electrons. The highest BCUT2D eigenvalue weighted by Gasteiger charge is 2.16. The number of fused-ring (bicyclic) bond motifs is 1. The van der Waals surface area contributed by atoms with E-state index in [9.17, 15) is 13.2 Å². The van der Waals surface area contributed by atoms with E-state index in [1.165, 1.54) is 30.5 Å². The third-order valence-corrected chi connectivity index (χ3v) is 7.66. The molecule has 2 N–H and O–H groups in total. The van der Waals surface area contributed by atoms with Gasteiger partial charge >= 0.3 is 0 Å². The van der Waals surface area contributed by atoms with Gasteiger partial charge in [-0.05, 0) is 79.3 Å². The molecule has 1 aliphatic rings. The van der Waals surface area contributed by atoms with Gasteiger partial charge in [-0.25, -0.2) is 8.42 Å². The van der Waals surface area contributed by atoms with Gasteiger partial charge in [-0.3, -0.25) is 14.4 Å². The average Bonchev–Trinajstić information content (AvgIpc) is 3.38. The molecule has 4 aromatic carbocycles. The molecular formula is C28H27N3O3S. The molecule has 5 rings (SSSR count). The van der Waals surface area contributed by atoms with Crippen LogP contribution in [0.25, 0.3) is 10.8 Å². The van der Waals surface area contributed by atoms with Crippen LogP contribution in [0.2, 0.25) is 0 Å². The standard InChI is InChI=1S/C28H27N3O3S/c32-28(23-12-10-21(11-13-23)20-31-18-3-4-19-31)29-24-14-16-25(17-15-24)35(33,34)30-27-9-5-7-22-6-1-2-8-26(22)27/h1-2,5-17,30H,3-4,18-20H2,(H,29,32). The van der Waals surface area contributed by atoms with E-state index in [1.807, 2.05) is 60.7 Å². The number of benzene rings is 4. The number of anilines is 2. The van der Waals surface area contributed by atoms with Crippen LogP contribution in [0.1, 0.15) is 28.8 Å². The highest BCUT2D eigenvalue weighted by atomic mass is 32.2. The van der Waals surface area contributed by atoms with Crippen molar-refractivity contribution in [3.63, 3.8) is 0 Å². The molecule has 0 radical (unpaired) electrons. The van der Waals surface area contributed by atoms with E-state index in [2.05, 4.69) is 14.9 Å². The predicted octanol–water partition coefficient (Wildman–Crippen LogP) is 5.49. The number of amides is 1. The molecular weight excluding hydrogens is 458 g/mol. The zero-order valence-corrected chi connectivity index (χ0v) is 20.1. The van der Waals surface area contributed by atoms with Crippen molar-refractivity contribution in [2.75, 3.05) is 23.1 Å². The minimum atomic E-state index is -3.78. The van der Waals surface area contributed by atoms with E-state index in [0.717, 1.165) is 30.4 Å². The smallest absolute Gasteiger partial charge is 0.261 e. The van der Waals surface area contributed by atoms with E-state index in [1.54, 1.807) is 18.2 Å². The van der Waals surface area contributed by atoms with Gasteiger partial charge in [0, 0.05) is 23.2 Å². The van der Waals surface area contributed by atoms with E-state index < -0.39 is 10.0 Å². The molecule has 0 saturated carbocycles. The number of sulfonamides is 1. The molecule has 1 aliphatic heterocycles. The largest absolute Gasteiger partial charge is 0.322 e. The Morgan fingerprint density at radius 2 is 1.49 bits per heavy atom. The minimum absolute atomic E-state index is 0.120. The summed E-state index contributed by atoms with van der Waals surface area (Å²) in [5, 5.41) is 4.62. The van der Waals surface area contributed by atoms with Crippen LogP contribution in [0, 0.1) is 0 Å². The first-order valence-electron chi connectivity index (χ1n) is 11.7. The summed E-state index contributed by atoms with van der Waals surface area (Å²) in [5.41, 5.74) is 2.80. The Balaban J connectivity index is 1.24. The van der Waals surface area contributed by atoms with Crippen LogP contribution in [-0.2, 0) is 16.6 Å². The molecule has 0 unspecified atom stereocenters. The SMILES string of the molecule is O=C(Nc1ccc(S(=O)(=O)Nc2cccc3ccccc23)cc1)c1ccc(CN2CCCC2)cc1. The Hall–Kier alpha value is -3.68. The lowest BCUT2D eigenvalue weighted by Crippen LogP contribution is -2.18. The molecule has 35 heavy (non-hydrogen) atoms. The predicted molar refractivity (Wildman–Crippen MR) is 140 cm³/mol. The van der Waals surface area contributed by atoms with Gasteiger partial charge in [0.05, 0.1) is 10.6 Å². The second kappa shape index (κ2) is 9.90. The zero-order chi connectivity index (χ0) is 24.3. The molecule has 0 spiro atoms. The molecule has 0 aliphatic carbocycles. The quantitative estimate of drug-likeness (QED) is 0.363. The summed E-state index contributed by atoms with van der Waals surface area (Å²) in [7, 11) is -3.78. The van der Waals surface area contributed by atoms with Crippen LogP contribution in [-0.4, -0.2) is 32.3 Å². The van der Waals surface area contributed by atoms with Crippen LogP contribution < -0.4 is 10.0 Å². The summed E-state index contributed by atoms with van der Waals surface area (Å²) < 4.78 is 28.6. The zero-order valence-electron chi connectivity index (χ0n) is 19.3. The van der Waals surface area contributed by atoms with Crippen molar-refractivity contribution in [2.45, 2.75) is 24.3 Å². The van der Waals surface area contributed by atoms with Gasteiger partial charge in [-0.15, -0.1) is 0 Å². The fourth-order valence-corrected chi connectivity index (χ4v) is 5.48. The highest BCUT2D eigenvalue weighted by molar-refractivity contribution is 7.92. The third-order valence-electron chi connectivity index (χ3n) is 6.28. The van der Waals surface area contributed by atoms with Crippen molar-refractivity contribution >= 4 is 38.1 Å². The summed E-state index contributed by atoms with van der Waals surface area (Å²) in [4.78, 5) is 15.2. The van der Waals surface area contributed by atoms with Crippen LogP contribution in [0.15, 0.2) is 95.9 Å². The summed E-state index contributed by atoms with van der Waals surface area (Å²) in [6.45, 7) is 3.17. The Labute approximate surface area is 205 Å². The number of nitrogens with zero attached hydrogens (tertiary/aromatic N) is 1. The van der Waals surface area contributed by atoms with E-state index in [-0.39, 0.29) is 10.8 Å². The third kappa shape index (κ3) is 5.37. The van der Waals surface area contributed by atoms with E-state index in [4.69, 9.17) is 0 Å². The first-order valence-corrected chi connectivity index (χ1v) is 13.2. The fourth-order valence-electron chi connectivity index (χ4n) is 4.40. The van der Waals surface area contributed by atoms with Crippen molar-refractivity contribution in [2.24, 2.45) is 0 Å². The normalized spacial score (nSPS) is 14.2. The Bertz CT molecular complexity index is 1440. The second-order valence-corrected chi connectivity index (χ2v) is 10.5. The van der Waals surface area contributed by atoms with Crippen molar-refractivity contribution < 1.29 is 13.2 Å². The number of likely N-dealkylation sites (tertiary alicyclic amines) is 1. The molecule has 7 heteroatoms. The lowest BCUT2D eigenvalue weighted by molar-refractivity contribution is 0.102. The summed E-state index contributed by atoms with van der Waals surface area (Å²) in [6.07, 6.45) is 2.50. The van der Waals surface area contributed by atoms with Gasteiger partial charge in [0.1, 0.15) is 0 Å². The fraction of sp³-hybridized carbons (Fsp3) is 0.179. The molecule has 1 saturated heterocycles. The van der Waals surface area contributed by atoms with Crippen LogP contribution in [0.5, 0.6) is 0 Å². The van der Waals surface area contributed by atoms with Gasteiger partial charge in [-0.2, -0.15) is 0 Å². The Kier molecular flexibility index (Phi) is 6.53. The maximum Gasteiger partial charge on any atom is 0.261 e. The second-order valence-electron chi connectivity index (χ2n) is 8.79. The van der Waals surface area contributed by atoms with Gasteiger partial charge < -0.3 is 5.32 Å². The average molecular weight is 486 g/mol. The molecule has 0 atom stereocenters. The van der Waals surface area contributed by atoms with Crippen LogP contribution in [0.4, 0.5) is 11.4 Å². The molecule has 1 amide bonds. The van der Waals surface area contributed by atoms with Crippen molar-refractivity contribution in [3.8, 4) is 0 Å². The molecule has 1 heterocycles. The number of carbonyl (C=O) groups excluding carboxylic acids is 1. The molecule has 0 aromatic heterocycles. The lowest BCUT2D eigenvalue weighted by atomic mass is 10.1. The summed E-state index contributed by atoms with van der Waals surface area (Å²) >= 11 is 0. The minimum Gasteiger partial charge on any atom is -0.322 e. The van der Waals surface area contributed by atoms with E-state index in [0.29, 0.717) is 16.9 Å². The summed E-state index contributed by atoms with van der Waals surface area (Å²) in [5.74, 6) is -0.234. The van der Waals surface area contributed by atoms with Crippen molar-refractivity contribution in [1.82, 2.24) is 4.90 Å². The monoisotopic (exact) mass is 485 g/mol. The summed E-state index contributed by atoms with van der Waals surface area (Å²) in [6, 6.07) is 26.9. The first-order chi connectivity index (χ1) is 17.0. The topological polar surface area (TPSA) is 78.5 Å². The molecule has 0 bridgehead atoms. The number of nitrogens with one attached hydrogen (secondary N) is 2. The van der Waals surface area contributed by atoms with Crippen molar-refractivity contribution in [1.29, 1.82) is 0 Å². The number of hydrogen-bond donors (Lipinski definition) is 2. The maximum atomic E-state index is 13.0. The lowest BCUT2D eigenvalue weighted by Gasteiger charge is -2.14. The molecule has 4 aromatic rings. The highest BCUT2D eigenvalue weighted by Crippen LogP contribution is 2.26. The van der Waals surface area contributed by atoms with Gasteiger partial charge in [0.15, 0.2) is 0 Å². The van der Waals surface area contributed by atoms with Gasteiger partial charge in [0.25, 0.3) is 15.9 Å². The van der Waals surface area contributed by atoms with E-state index >= 15 is 0 Å².